The zero-order chi connectivity index (χ0) is 10.3. The second-order valence-corrected chi connectivity index (χ2v) is 3.67. The number of nitrogens with one attached hydrogen (secondary N) is 2. The molecule has 3 N–H and O–H groups in total. The quantitative estimate of drug-likeness (QED) is 0.544. The van der Waals surface area contributed by atoms with Crippen LogP contribution in [-0.2, 0) is 4.79 Å². The molecule has 4 heteroatoms. The fraction of sp³-hybridized carbons (Fsp3) is 0.889. The van der Waals surface area contributed by atoms with E-state index >= 15 is 0 Å². The van der Waals surface area contributed by atoms with Crippen LogP contribution < -0.4 is 10.6 Å². The number of rotatable bonds is 6. The summed E-state index contributed by atoms with van der Waals surface area (Å²) in [5.41, 5.74) is -0.299. The minimum Gasteiger partial charge on any atom is -0.394 e. The summed E-state index contributed by atoms with van der Waals surface area (Å²) in [5, 5.41) is 14.7. The standard InChI is InChI=1S/C9H20N2O2/c1-4-10-8(13)5-6-11-9(2,3)7-12/h11-12H,4-7H2,1-3H3,(H,10,13). The van der Waals surface area contributed by atoms with Crippen molar-refractivity contribution in [3.63, 3.8) is 0 Å². The molecule has 0 bridgehead atoms. The topological polar surface area (TPSA) is 61.4 Å². The monoisotopic (exact) mass is 188 g/mol. The maximum Gasteiger partial charge on any atom is 0.221 e. The second-order valence-electron chi connectivity index (χ2n) is 3.67. The number of hydrogen-bond donors (Lipinski definition) is 3. The Balaban J connectivity index is 3.50. The molecule has 0 spiro atoms. The van der Waals surface area contributed by atoms with Crippen LogP contribution in [0.15, 0.2) is 0 Å². The molecular formula is C9H20N2O2. The number of aliphatic hydroxyl groups is 1. The van der Waals surface area contributed by atoms with Gasteiger partial charge in [0.2, 0.25) is 5.91 Å². The Labute approximate surface area is 79.7 Å². The summed E-state index contributed by atoms with van der Waals surface area (Å²) < 4.78 is 0. The Bertz CT molecular complexity index is 158. The van der Waals surface area contributed by atoms with Crippen LogP contribution in [0.25, 0.3) is 0 Å². The molecule has 1 amide bonds. The van der Waals surface area contributed by atoms with Crippen molar-refractivity contribution in [3.8, 4) is 0 Å². The van der Waals surface area contributed by atoms with Crippen molar-refractivity contribution in [2.24, 2.45) is 0 Å². The van der Waals surface area contributed by atoms with Gasteiger partial charge in [-0.05, 0) is 20.8 Å². The zero-order valence-corrected chi connectivity index (χ0v) is 8.68. The van der Waals surface area contributed by atoms with Crippen molar-refractivity contribution in [2.75, 3.05) is 19.7 Å². The van der Waals surface area contributed by atoms with Crippen LogP contribution in [0, 0.1) is 0 Å². The minimum atomic E-state index is -0.299. The third kappa shape index (κ3) is 6.54. The van der Waals surface area contributed by atoms with E-state index in [0.29, 0.717) is 19.5 Å². The predicted octanol–water partition coefficient (Wildman–Crippen LogP) is -0.127. The zero-order valence-electron chi connectivity index (χ0n) is 8.68. The van der Waals surface area contributed by atoms with E-state index in [1.807, 2.05) is 20.8 Å². The highest BCUT2D eigenvalue weighted by Gasteiger charge is 2.14. The first-order valence-electron chi connectivity index (χ1n) is 4.64. The smallest absolute Gasteiger partial charge is 0.221 e. The molecule has 78 valence electrons. The van der Waals surface area contributed by atoms with Gasteiger partial charge in [0.25, 0.3) is 0 Å². The van der Waals surface area contributed by atoms with Crippen molar-refractivity contribution in [2.45, 2.75) is 32.7 Å². The minimum absolute atomic E-state index is 0.0451. The van der Waals surface area contributed by atoms with Crippen molar-refractivity contribution < 1.29 is 9.90 Å². The molecule has 0 unspecified atom stereocenters. The lowest BCUT2D eigenvalue weighted by molar-refractivity contribution is -0.120. The van der Waals surface area contributed by atoms with E-state index in [0.717, 1.165) is 0 Å². The Morgan fingerprint density at radius 1 is 1.46 bits per heavy atom. The summed E-state index contributed by atoms with van der Waals surface area (Å²) in [6.45, 7) is 7.02. The van der Waals surface area contributed by atoms with Gasteiger partial charge >= 0.3 is 0 Å². The summed E-state index contributed by atoms with van der Waals surface area (Å²) >= 11 is 0. The maximum atomic E-state index is 11.0. The predicted molar refractivity (Wildman–Crippen MR) is 52.5 cm³/mol. The number of hydrogen-bond acceptors (Lipinski definition) is 3. The Morgan fingerprint density at radius 2 is 2.08 bits per heavy atom. The highest BCUT2D eigenvalue weighted by Crippen LogP contribution is 1.98. The lowest BCUT2D eigenvalue weighted by Crippen LogP contribution is -2.44. The van der Waals surface area contributed by atoms with Crippen LogP contribution in [0.2, 0.25) is 0 Å². The molecule has 0 fully saturated rings. The maximum absolute atomic E-state index is 11.0. The van der Waals surface area contributed by atoms with Crippen molar-refractivity contribution in [3.05, 3.63) is 0 Å². The van der Waals surface area contributed by atoms with Crippen molar-refractivity contribution >= 4 is 5.91 Å². The van der Waals surface area contributed by atoms with Crippen LogP contribution in [-0.4, -0.2) is 36.2 Å². The molecule has 0 aliphatic rings. The van der Waals surface area contributed by atoms with Crippen LogP contribution in [0.3, 0.4) is 0 Å². The van der Waals surface area contributed by atoms with Crippen molar-refractivity contribution in [1.82, 2.24) is 10.6 Å². The number of carbonyl (C=O) groups is 1. The van der Waals surface area contributed by atoms with Gasteiger partial charge in [-0.1, -0.05) is 0 Å². The molecule has 0 aliphatic carbocycles. The van der Waals surface area contributed by atoms with Crippen LogP contribution in [0.1, 0.15) is 27.2 Å². The summed E-state index contributed by atoms with van der Waals surface area (Å²) in [6, 6.07) is 0. The van der Waals surface area contributed by atoms with E-state index in [4.69, 9.17) is 5.11 Å². The lowest BCUT2D eigenvalue weighted by Gasteiger charge is -2.23. The molecule has 0 heterocycles. The molecule has 0 aromatic heterocycles. The molecule has 0 radical (unpaired) electrons. The molecule has 0 aromatic carbocycles. The Morgan fingerprint density at radius 3 is 2.54 bits per heavy atom. The number of aliphatic hydroxyl groups excluding tert-OH is 1. The number of amides is 1. The first-order chi connectivity index (χ1) is 6.02. The van der Waals surface area contributed by atoms with Crippen LogP contribution in [0.4, 0.5) is 0 Å². The average Bonchev–Trinajstić information content (AvgIpc) is 2.05. The first-order valence-corrected chi connectivity index (χ1v) is 4.64. The first kappa shape index (κ1) is 12.4. The fourth-order valence-electron chi connectivity index (χ4n) is 0.856. The molecule has 0 saturated carbocycles. The lowest BCUT2D eigenvalue weighted by atomic mass is 10.1. The summed E-state index contributed by atoms with van der Waals surface area (Å²) in [7, 11) is 0. The molecule has 0 rings (SSSR count). The highest BCUT2D eigenvalue weighted by atomic mass is 16.3. The molecule has 13 heavy (non-hydrogen) atoms. The molecule has 4 nitrogen and oxygen atoms in total. The van der Waals surface area contributed by atoms with Crippen LogP contribution >= 0.6 is 0 Å². The van der Waals surface area contributed by atoms with Gasteiger partial charge in [-0.3, -0.25) is 4.79 Å². The van der Waals surface area contributed by atoms with Gasteiger partial charge in [0.1, 0.15) is 0 Å². The molecule has 0 aromatic rings. The van der Waals surface area contributed by atoms with Gasteiger partial charge in [-0.15, -0.1) is 0 Å². The van der Waals surface area contributed by atoms with Gasteiger partial charge in [0.05, 0.1) is 6.61 Å². The highest BCUT2D eigenvalue weighted by molar-refractivity contribution is 5.75. The number of carbonyl (C=O) groups excluding carboxylic acids is 1. The molecule has 0 atom stereocenters. The fourth-order valence-corrected chi connectivity index (χ4v) is 0.856. The van der Waals surface area contributed by atoms with E-state index in [1.165, 1.54) is 0 Å². The van der Waals surface area contributed by atoms with Gasteiger partial charge in [0.15, 0.2) is 0 Å². The molecule has 0 aliphatic heterocycles. The molecule has 0 saturated heterocycles. The van der Waals surface area contributed by atoms with E-state index in [1.54, 1.807) is 0 Å². The van der Waals surface area contributed by atoms with Crippen molar-refractivity contribution in [1.29, 1.82) is 0 Å². The Hall–Kier alpha value is -0.610. The van der Waals surface area contributed by atoms with Crippen LogP contribution in [0.5, 0.6) is 0 Å². The largest absolute Gasteiger partial charge is 0.394 e. The SMILES string of the molecule is CCNC(=O)CCNC(C)(C)CO. The summed E-state index contributed by atoms with van der Waals surface area (Å²) in [6.07, 6.45) is 0.456. The second kappa shape index (κ2) is 5.94. The van der Waals surface area contributed by atoms with Gasteiger partial charge in [-0.2, -0.15) is 0 Å². The average molecular weight is 188 g/mol. The van der Waals surface area contributed by atoms with E-state index < -0.39 is 0 Å². The van der Waals surface area contributed by atoms with Gasteiger partial charge in [-0.25, -0.2) is 0 Å². The van der Waals surface area contributed by atoms with E-state index in [9.17, 15) is 4.79 Å². The van der Waals surface area contributed by atoms with E-state index in [-0.39, 0.29) is 18.1 Å². The van der Waals surface area contributed by atoms with E-state index in [2.05, 4.69) is 10.6 Å². The summed E-state index contributed by atoms with van der Waals surface area (Å²) in [4.78, 5) is 11.0. The Kier molecular flexibility index (Phi) is 5.66. The van der Waals surface area contributed by atoms with Gasteiger partial charge in [0, 0.05) is 25.0 Å². The van der Waals surface area contributed by atoms with Gasteiger partial charge < -0.3 is 15.7 Å². The third-order valence-electron chi connectivity index (χ3n) is 1.72. The molecular weight excluding hydrogens is 168 g/mol. The summed E-state index contributed by atoms with van der Waals surface area (Å²) in [5.74, 6) is 0.0451. The normalized spacial score (nSPS) is 11.4. The third-order valence-corrected chi connectivity index (χ3v) is 1.72.